The van der Waals surface area contributed by atoms with Gasteiger partial charge in [-0.3, -0.25) is 9.78 Å². The second-order valence-electron chi connectivity index (χ2n) is 5.44. The van der Waals surface area contributed by atoms with Crippen LogP contribution >= 0.6 is 35.0 Å². The molecule has 1 atom stereocenters. The number of aliphatic imine (C=N–C) groups is 1. The number of thioether (sulfide) groups is 1. The average Bonchev–Trinajstić information content (AvgIpc) is 2.62. The number of hydrogen-bond acceptors (Lipinski definition) is 7. The number of nitrogens with zero attached hydrogens (tertiary/aromatic N) is 3. The van der Waals surface area contributed by atoms with Gasteiger partial charge in [0.2, 0.25) is 4.99 Å². The minimum atomic E-state index is -0.982. The molecule has 0 saturated carbocycles. The molecule has 3 rings (SSSR count). The zero-order valence-electron chi connectivity index (χ0n) is 13.5. The lowest BCUT2D eigenvalue weighted by Crippen LogP contribution is -2.50. The Balaban J connectivity index is 2.08. The Morgan fingerprint density at radius 1 is 1.36 bits per heavy atom. The zero-order chi connectivity index (χ0) is 18.0. The second kappa shape index (κ2) is 7.41. The van der Waals surface area contributed by atoms with Gasteiger partial charge in [-0.25, -0.2) is 4.99 Å². The molecular weight excluding hydrogens is 385 g/mol. The van der Waals surface area contributed by atoms with Crippen LogP contribution in [0.1, 0.15) is 5.56 Å². The molecule has 134 valence electrons. The molecule has 10 heteroatoms. The molecular formula is C15H17Cl2N5O2S. The number of ether oxygens (including phenoxy) is 1. The molecule has 1 saturated heterocycles. The summed E-state index contributed by atoms with van der Waals surface area (Å²) >= 11 is 14.1. The van der Waals surface area contributed by atoms with E-state index in [4.69, 9.17) is 33.7 Å². The first-order valence-electron chi connectivity index (χ1n) is 7.53. The molecule has 2 aliphatic rings. The summed E-state index contributed by atoms with van der Waals surface area (Å²) < 4.78 is 5.39. The fraction of sp³-hybridized carbons (Fsp3) is 0.400. The largest absolute Gasteiger partial charge is 0.378 e. The van der Waals surface area contributed by atoms with Gasteiger partial charge in [0.15, 0.2) is 0 Å². The summed E-state index contributed by atoms with van der Waals surface area (Å²) in [5.74, 6) is 0.0449. The summed E-state index contributed by atoms with van der Waals surface area (Å²) in [6.07, 6.45) is 6.39. The number of hydrogen-bond donors (Lipinski definition) is 2. The van der Waals surface area contributed by atoms with Gasteiger partial charge < -0.3 is 20.7 Å². The summed E-state index contributed by atoms with van der Waals surface area (Å²) in [5, 5.41) is 4.10. The van der Waals surface area contributed by atoms with E-state index in [2.05, 4.69) is 15.3 Å². The summed E-state index contributed by atoms with van der Waals surface area (Å²) in [4.78, 5) is 21.4. The molecule has 1 fully saturated rings. The molecule has 7 nitrogen and oxygen atoms in total. The Hall–Kier alpha value is -1.48. The fourth-order valence-electron chi connectivity index (χ4n) is 2.76. The third-order valence-corrected chi connectivity index (χ3v) is 5.57. The van der Waals surface area contributed by atoms with Crippen molar-refractivity contribution >= 4 is 47.1 Å². The molecule has 1 amide bonds. The SMILES string of the molecule is CSC1(c2c(Cl)cncc2Cl)N=CC(C(N)=O)=C(N2CCOCC2)N1. The van der Waals surface area contributed by atoms with Gasteiger partial charge in [-0.2, -0.15) is 0 Å². The maximum atomic E-state index is 11.9. The summed E-state index contributed by atoms with van der Waals surface area (Å²) in [5.41, 5.74) is 6.44. The number of halogens is 2. The van der Waals surface area contributed by atoms with E-state index in [-0.39, 0.29) is 0 Å². The number of rotatable bonds is 4. The standard InChI is InChI=1S/C15H17Cl2N5O2S/c1-25-15(12-10(16)7-19-8-11(12)17)20-6-9(13(18)23)14(21-15)22-2-4-24-5-3-22/h6-8,21H,2-5H2,1H3,(H2,18,23). The van der Waals surface area contributed by atoms with Crippen LogP contribution < -0.4 is 11.1 Å². The third-order valence-electron chi connectivity index (χ3n) is 4.00. The van der Waals surface area contributed by atoms with Crippen molar-refractivity contribution < 1.29 is 9.53 Å². The highest BCUT2D eigenvalue weighted by molar-refractivity contribution is 7.99. The molecule has 1 unspecified atom stereocenters. The Morgan fingerprint density at radius 2 is 2.00 bits per heavy atom. The second-order valence-corrected chi connectivity index (χ2v) is 7.25. The Kier molecular flexibility index (Phi) is 5.43. The van der Waals surface area contributed by atoms with Gasteiger partial charge in [-0.1, -0.05) is 23.2 Å². The molecule has 0 spiro atoms. The topological polar surface area (TPSA) is 92.8 Å². The molecule has 3 N–H and O–H groups in total. The maximum absolute atomic E-state index is 11.9. The summed E-state index contributed by atoms with van der Waals surface area (Å²) in [6.45, 7) is 2.40. The highest BCUT2D eigenvalue weighted by atomic mass is 35.5. The Labute approximate surface area is 159 Å². The van der Waals surface area contributed by atoms with Crippen LogP contribution in [-0.4, -0.2) is 54.6 Å². The van der Waals surface area contributed by atoms with Gasteiger partial charge in [0.25, 0.3) is 5.91 Å². The average molecular weight is 402 g/mol. The zero-order valence-corrected chi connectivity index (χ0v) is 15.8. The lowest BCUT2D eigenvalue weighted by atomic mass is 10.1. The van der Waals surface area contributed by atoms with Crippen LogP contribution in [0.4, 0.5) is 0 Å². The van der Waals surface area contributed by atoms with Crippen LogP contribution in [0.5, 0.6) is 0 Å². The number of pyridine rings is 1. The van der Waals surface area contributed by atoms with Crippen molar-refractivity contribution in [2.75, 3.05) is 32.6 Å². The van der Waals surface area contributed by atoms with Crippen molar-refractivity contribution in [2.24, 2.45) is 10.7 Å². The van der Waals surface area contributed by atoms with Crippen LogP contribution in [0.15, 0.2) is 28.8 Å². The highest BCUT2D eigenvalue weighted by Crippen LogP contribution is 2.43. The van der Waals surface area contributed by atoms with Crippen molar-refractivity contribution in [3.05, 3.63) is 39.4 Å². The van der Waals surface area contributed by atoms with Crippen LogP contribution in [0.25, 0.3) is 0 Å². The quantitative estimate of drug-likeness (QED) is 0.794. The highest BCUT2D eigenvalue weighted by Gasteiger charge is 2.40. The number of nitrogens with one attached hydrogen (secondary N) is 1. The van der Waals surface area contributed by atoms with E-state index in [1.807, 2.05) is 11.2 Å². The van der Waals surface area contributed by atoms with E-state index in [0.29, 0.717) is 53.3 Å². The van der Waals surface area contributed by atoms with Gasteiger partial charge in [0.1, 0.15) is 5.82 Å². The van der Waals surface area contributed by atoms with Crippen LogP contribution in [0.2, 0.25) is 10.0 Å². The Bertz CT molecular complexity index is 731. The first-order valence-corrected chi connectivity index (χ1v) is 9.51. The number of primary amides is 1. The van der Waals surface area contributed by atoms with Gasteiger partial charge in [-0.05, 0) is 6.26 Å². The monoisotopic (exact) mass is 401 g/mol. The lowest BCUT2D eigenvalue weighted by molar-refractivity contribution is -0.114. The number of aromatic nitrogens is 1. The van der Waals surface area contributed by atoms with Crippen molar-refractivity contribution in [1.82, 2.24) is 15.2 Å². The lowest BCUT2D eigenvalue weighted by Gasteiger charge is -2.41. The van der Waals surface area contributed by atoms with Gasteiger partial charge in [0.05, 0.1) is 34.4 Å². The molecule has 0 aliphatic carbocycles. The number of amides is 1. The van der Waals surface area contributed by atoms with Crippen LogP contribution in [0, 0.1) is 0 Å². The van der Waals surface area contributed by atoms with Gasteiger partial charge >= 0.3 is 0 Å². The fourth-order valence-corrected chi connectivity index (χ4v) is 4.29. The Morgan fingerprint density at radius 3 is 2.56 bits per heavy atom. The van der Waals surface area contributed by atoms with Gasteiger partial charge in [0, 0.05) is 31.7 Å². The van der Waals surface area contributed by atoms with Crippen molar-refractivity contribution in [3.63, 3.8) is 0 Å². The molecule has 25 heavy (non-hydrogen) atoms. The van der Waals surface area contributed by atoms with E-state index >= 15 is 0 Å². The van der Waals surface area contributed by atoms with Crippen molar-refractivity contribution in [1.29, 1.82) is 0 Å². The smallest absolute Gasteiger partial charge is 0.253 e. The molecule has 2 aliphatic heterocycles. The predicted molar refractivity (Wildman–Crippen MR) is 99.7 cm³/mol. The number of carbonyl (C=O) groups is 1. The minimum absolute atomic E-state index is 0.313. The van der Waals surface area contributed by atoms with Crippen LogP contribution in [0.3, 0.4) is 0 Å². The summed E-state index contributed by atoms with van der Waals surface area (Å²) in [6, 6.07) is 0. The van der Waals surface area contributed by atoms with E-state index in [1.54, 1.807) is 0 Å². The minimum Gasteiger partial charge on any atom is -0.378 e. The number of nitrogens with two attached hydrogens (primary N) is 1. The normalized spacial score (nSPS) is 23.6. The predicted octanol–water partition coefficient (Wildman–Crippen LogP) is 1.56. The molecule has 1 aromatic heterocycles. The first-order chi connectivity index (χ1) is 12.0. The van der Waals surface area contributed by atoms with Crippen molar-refractivity contribution in [2.45, 2.75) is 4.99 Å². The van der Waals surface area contributed by atoms with E-state index in [1.165, 1.54) is 30.4 Å². The van der Waals surface area contributed by atoms with E-state index < -0.39 is 10.9 Å². The van der Waals surface area contributed by atoms with Crippen LogP contribution in [-0.2, 0) is 14.5 Å². The van der Waals surface area contributed by atoms with Gasteiger partial charge in [-0.15, -0.1) is 11.8 Å². The molecule has 3 heterocycles. The maximum Gasteiger partial charge on any atom is 0.253 e. The molecule has 0 radical (unpaired) electrons. The summed E-state index contributed by atoms with van der Waals surface area (Å²) in [7, 11) is 0. The van der Waals surface area contributed by atoms with E-state index in [9.17, 15) is 4.79 Å². The molecule has 0 aromatic carbocycles. The third kappa shape index (κ3) is 3.44. The van der Waals surface area contributed by atoms with Crippen molar-refractivity contribution in [3.8, 4) is 0 Å². The number of carbonyl (C=O) groups excluding carboxylic acids is 1. The first kappa shape index (κ1) is 18.3. The molecule has 0 bridgehead atoms. The number of morpholine rings is 1. The molecule has 1 aromatic rings. The van der Waals surface area contributed by atoms with E-state index in [0.717, 1.165) is 0 Å².